The van der Waals surface area contributed by atoms with Crippen molar-refractivity contribution in [1.82, 2.24) is 41.2 Å². The number of carboxylic acid groups (broad SMARTS) is 2. The highest BCUT2D eigenvalue weighted by atomic mass is 16.5. The minimum absolute atomic E-state index is 0.00301. The number of allylic oxidation sites excluding steroid dienone is 6. The maximum Gasteiger partial charge on any atom is 0.334 e. The number of nitrogens with zero attached hydrogens (tertiary/aromatic N) is 4. The number of aliphatic carboxylic acids is 2. The normalized spacial score (nSPS) is 16.0. The fourth-order valence-electron chi connectivity index (χ4n) is 10.7. The van der Waals surface area contributed by atoms with E-state index in [0.717, 1.165) is 22.3 Å². The van der Waals surface area contributed by atoms with Gasteiger partial charge in [0.15, 0.2) is 11.9 Å². The second kappa shape index (κ2) is 29.1. The quantitative estimate of drug-likeness (QED) is 0.0169. The number of nitrogens with two attached hydrogens (primary N) is 4. The third kappa shape index (κ3) is 15.8. The largest absolute Gasteiger partial charge is 0.481 e. The van der Waals surface area contributed by atoms with Gasteiger partial charge in [-0.3, -0.25) is 48.5 Å². The van der Waals surface area contributed by atoms with Crippen LogP contribution in [0.4, 0.5) is 0 Å². The summed E-state index contributed by atoms with van der Waals surface area (Å²) in [5.41, 5.74) is 29.7. The number of esters is 3. The zero-order valence-corrected chi connectivity index (χ0v) is 49.4. The zero-order valence-electron chi connectivity index (χ0n) is 49.4. The van der Waals surface area contributed by atoms with Crippen LogP contribution in [0.15, 0.2) is 64.6 Å². The van der Waals surface area contributed by atoms with Crippen LogP contribution in [-0.2, 0) is 75.6 Å². The van der Waals surface area contributed by atoms with Crippen molar-refractivity contribution in [2.75, 3.05) is 41.0 Å². The first-order chi connectivity index (χ1) is 41.3. The molecular formula is C59H74N14O14. The number of hydrogen-bond donors (Lipinski definition) is 12. The second-order valence-electron chi connectivity index (χ2n) is 21.0. The van der Waals surface area contributed by atoms with Crippen LogP contribution in [0.5, 0.6) is 0 Å². The molecule has 3 aliphatic rings. The highest BCUT2D eigenvalue weighted by molar-refractivity contribution is 6.03. The van der Waals surface area contributed by atoms with Crippen molar-refractivity contribution in [3.8, 4) is 0 Å². The number of aromatic nitrogens is 4. The van der Waals surface area contributed by atoms with E-state index < -0.39 is 95.9 Å². The number of H-pyrrole nitrogens is 2. The molecule has 6 rings (SSSR count). The number of carbonyl (C=O) groups is 9. The van der Waals surface area contributed by atoms with Crippen LogP contribution in [0.1, 0.15) is 104 Å². The summed E-state index contributed by atoms with van der Waals surface area (Å²) in [6.45, 7) is 10.9. The number of carbonyl (C=O) groups excluding carboxylic acids is 7. The molecule has 0 saturated carbocycles. The van der Waals surface area contributed by atoms with Gasteiger partial charge in [0.25, 0.3) is 0 Å². The molecule has 2 aliphatic heterocycles. The number of aryl methyl sites for hydroxylation is 4. The lowest BCUT2D eigenvalue weighted by Crippen LogP contribution is -2.54. The Morgan fingerprint density at radius 3 is 1.86 bits per heavy atom. The fraction of sp³-hybridized carbons (Fsp3) is 0.407. The Labute approximate surface area is 499 Å². The van der Waals surface area contributed by atoms with Gasteiger partial charge in [-0.05, 0) is 124 Å². The van der Waals surface area contributed by atoms with Gasteiger partial charge in [-0.1, -0.05) is 24.8 Å². The van der Waals surface area contributed by atoms with Gasteiger partial charge in [-0.2, -0.15) is 0 Å². The van der Waals surface area contributed by atoms with E-state index in [0.29, 0.717) is 61.6 Å². The van der Waals surface area contributed by atoms with Crippen molar-refractivity contribution in [3.63, 3.8) is 0 Å². The number of ether oxygens (including phenoxy) is 3. The lowest BCUT2D eigenvalue weighted by Gasteiger charge is -2.36. The summed E-state index contributed by atoms with van der Waals surface area (Å²) in [4.78, 5) is 143. The Morgan fingerprint density at radius 1 is 0.701 bits per heavy atom. The van der Waals surface area contributed by atoms with E-state index in [4.69, 9.17) is 47.1 Å². The smallest absolute Gasteiger partial charge is 0.334 e. The van der Waals surface area contributed by atoms with Gasteiger partial charge in [0.05, 0.1) is 68.1 Å². The maximum atomic E-state index is 14.1. The van der Waals surface area contributed by atoms with Gasteiger partial charge in [0, 0.05) is 53.6 Å². The molecule has 8 bridgehead atoms. The molecule has 0 saturated heterocycles. The standard InChI is InChI=1S/C59H74N14O14/c1-9-31-28(2)39-23-44-35-17-14-34(55(83)86-7)51(56(84)87-8)59(35,5)46(70-44)25-40-30(4)33(16-19-50(78)85-6)43(69-40)24-42-32(29(3)38(68-42)22-41(31)67-39)15-18-47(74)71-36(12-10-20-64-57(60)61)52(79)66-27-48(75)72-45(26-49(76)77)53(80)73-37(54(81)82)13-11-21-65-58(62)63/h9,14,17,22-25,36-37,45,51,68-69H,1,10-13,15-16,18-21,26-27H2,2-8H3,(H,66,79)(H,71,74)(H,72,75)(H,73,80)(H,76,77)(H,81,82)(H4,60,61,64)(H4,62,63,65)/t36-,37-,45-,51-,59+/m0/s1. The van der Waals surface area contributed by atoms with Gasteiger partial charge in [-0.25, -0.2) is 14.6 Å². The number of methoxy groups -OCH3 is 3. The Morgan fingerprint density at radius 2 is 1.30 bits per heavy atom. The first kappa shape index (κ1) is 66.0. The van der Waals surface area contributed by atoms with Crippen LogP contribution in [0, 0.1) is 19.8 Å². The third-order valence-corrected chi connectivity index (χ3v) is 15.3. The number of aromatic amines is 2. The average molecular weight is 1200 g/mol. The lowest BCUT2D eigenvalue weighted by molar-refractivity contribution is -0.149. The first-order valence-corrected chi connectivity index (χ1v) is 27.7. The number of amides is 4. The van der Waals surface area contributed by atoms with Gasteiger partial charge >= 0.3 is 29.8 Å². The molecule has 28 heteroatoms. The molecule has 0 unspecified atom stereocenters. The van der Waals surface area contributed by atoms with Crippen molar-refractivity contribution in [2.45, 2.75) is 109 Å². The van der Waals surface area contributed by atoms with Crippen LogP contribution in [0.3, 0.4) is 0 Å². The SMILES string of the molecule is C=CC1=C(C)c2cc3nc(cc4[nH]c(cc5[nH]c(cc1n2)c(C)c5CCC(=O)N[C@@H](CCCN=C(N)N)C(=O)NCC(=O)N[C@@H](CC(=O)O)C(=O)N[C@@H](CCCN=C(N)N)C(=O)O)c(CCC(=O)OC)c4C)[C@@]1(C)C3=CC=C(C(=O)OC)[C@H]1C(=O)OC. The highest BCUT2D eigenvalue weighted by Gasteiger charge is 2.54. The molecule has 0 radical (unpaired) electrons. The molecule has 3 aromatic rings. The van der Waals surface area contributed by atoms with Crippen molar-refractivity contribution >= 4 is 104 Å². The average Bonchev–Trinajstić information content (AvgIpc) is 1.63. The Kier molecular flexibility index (Phi) is 22.1. The molecule has 3 aromatic heterocycles. The maximum absolute atomic E-state index is 14.1. The molecule has 16 N–H and O–H groups in total. The summed E-state index contributed by atoms with van der Waals surface area (Å²) >= 11 is 0. The second-order valence-corrected chi connectivity index (χ2v) is 21.0. The minimum Gasteiger partial charge on any atom is -0.481 e. The lowest BCUT2D eigenvalue weighted by atomic mass is 9.64. The third-order valence-electron chi connectivity index (χ3n) is 15.3. The Balaban J connectivity index is 1.38. The number of aliphatic imine (C=N–C) groups is 2. The van der Waals surface area contributed by atoms with Gasteiger partial charge < -0.3 is 78.6 Å². The van der Waals surface area contributed by atoms with Crippen LogP contribution in [0.2, 0.25) is 0 Å². The number of hydrogen-bond acceptors (Lipinski definition) is 16. The number of guanidine groups is 2. The van der Waals surface area contributed by atoms with Crippen molar-refractivity contribution < 1.29 is 67.6 Å². The zero-order chi connectivity index (χ0) is 64.0. The van der Waals surface area contributed by atoms with E-state index in [1.807, 2.05) is 45.9 Å². The minimum atomic E-state index is -1.76. The van der Waals surface area contributed by atoms with Crippen LogP contribution >= 0.6 is 0 Å². The summed E-state index contributed by atoms with van der Waals surface area (Å²) in [6, 6.07) is 2.80. The van der Waals surface area contributed by atoms with Crippen molar-refractivity contribution in [1.29, 1.82) is 0 Å². The van der Waals surface area contributed by atoms with Gasteiger partial charge in [0.1, 0.15) is 24.0 Å². The molecule has 4 amide bonds. The Hall–Kier alpha value is -10.2. The number of fused-ring (bicyclic) bond motifs is 11. The molecular weight excluding hydrogens is 1130 g/mol. The summed E-state index contributed by atoms with van der Waals surface area (Å²) in [6.07, 6.45) is 4.32. The molecule has 0 fully saturated rings. The molecule has 87 heavy (non-hydrogen) atoms. The van der Waals surface area contributed by atoms with E-state index in [-0.39, 0.29) is 81.9 Å². The van der Waals surface area contributed by atoms with E-state index >= 15 is 0 Å². The molecule has 1 aliphatic carbocycles. The molecule has 5 heterocycles. The van der Waals surface area contributed by atoms with E-state index in [9.17, 15) is 53.4 Å². The molecule has 0 spiro atoms. The predicted molar refractivity (Wildman–Crippen MR) is 321 cm³/mol. The summed E-state index contributed by atoms with van der Waals surface area (Å²) in [5, 5.41) is 28.9. The van der Waals surface area contributed by atoms with Gasteiger partial charge in [0.2, 0.25) is 23.6 Å². The monoisotopic (exact) mass is 1200 g/mol. The number of rotatable bonds is 27. The molecule has 5 atom stereocenters. The summed E-state index contributed by atoms with van der Waals surface area (Å²) < 4.78 is 15.5. The fourth-order valence-corrected chi connectivity index (χ4v) is 10.7. The van der Waals surface area contributed by atoms with Crippen LogP contribution < -0.4 is 44.2 Å². The topological polar surface area (TPSA) is 456 Å². The highest BCUT2D eigenvalue weighted by Crippen LogP contribution is 2.52. The first-order valence-electron chi connectivity index (χ1n) is 27.7. The molecule has 0 aromatic carbocycles. The number of nitrogens with one attached hydrogen (secondary N) is 6. The van der Waals surface area contributed by atoms with E-state index in [2.05, 4.69) is 47.8 Å². The van der Waals surface area contributed by atoms with Crippen molar-refractivity contribution in [2.24, 2.45) is 38.8 Å². The number of carboxylic acids is 2. The summed E-state index contributed by atoms with van der Waals surface area (Å²) in [5.74, 6) is -9.99. The van der Waals surface area contributed by atoms with E-state index in [1.54, 1.807) is 24.3 Å². The Bertz CT molecular complexity index is 3600. The van der Waals surface area contributed by atoms with Crippen LogP contribution in [0.25, 0.3) is 38.8 Å². The van der Waals surface area contributed by atoms with E-state index in [1.165, 1.54) is 21.3 Å². The van der Waals surface area contributed by atoms with Gasteiger partial charge in [-0.15, -0.1) is 0 Å². The molecule has 464 valence electrons. The predicted octanol–water partition coefficient (Wildman–Crippen LogP) is 1.57. The van der Waals surface area contributed by atoms with Crippen molar-refractivity contribution in [3.05, 3.63) is 99.7 Å². The van der Waals surface area contributed by atoms with Crippen LogP contribution in [-0.4, -0.2) is 155 Å². The molecule has 28 nitrogen and oxygen atoms in total. The summed E-state index contributed by atoms with van der Waals surface area (Å²) in [7, 11) is 3.76.